The lowest BCUT2D eigenvalue weighted by atomic mass is 10.2. The van der Waals surface area contributed by atoms with Crippen LogP contribution in [0.4, 0.5) is 0 Å². The van der Waals surface area contributed by atoms with Crippen molar-refractivity contribution in [2.45, 2.75) is 38.9 Å². The average Bonchev–Trinajstić information content (AvgIpc) is 2.03. The van der Waals surface area contributed by atoms with E-state index in [0.29, 0.717) is 11.0 Å². The zero-order valence-electron chi connectivity index (χ0n) is 9.56. The zero-order chi connectivity index (χ0) is 10.5. The molecule has 0 heterocycles. The molecule has 13 heavy (non-hydrogen) atoms. The first kappa shape index (κ1) is 13.7. The lowest BCUT2D eigenvalue weighted by molar-refractivity contribution is 0.0932. The van der Waals surface area contributed by atoms with Crippen molar-refractivity contribution in [1.82, 2.24) is 0 Å². The first-order valence-corrected chi connectivity index (χ1v) is 9.04. The molecule has 0 fully saturated rings. The van der Waals surface area contributed by atoms with Crippen LogP contribution in [0.1, 0.15) is 20.8 Å². The molecule has 0 N–H and O–H groups in total. The van der Waals surface area contributed by atoms with Gasteiger partial charge in [-0.1, -0.05) is 49.8 Å². The SMILES string of the molecule is CC(CBr)COCC(C)(C)[SiH](C)C. The van der Waals surface area contributed by atoms with Crippen molar-refractivity contribution in [2.24, 2.45) is 5.92 Å². The maximum Gasteiger partial charge on any atom is 0.0499 e. The van der Waals surface area contributed by atoms with Crippen molar-refractivity contribution in [3.63, 3.8) is 0 Å². The van der Waals surface area contributed by atoms with E-state index >= 15 is 0 Å². The fraction of sp³-hybridized carbons (Fsp3) is 1.00. The lowest BCUT2D eigenvalue weighted by Crippen LogP contribution is -2.27. The summed E-state index contributed by atoms with van der Waals surface area (Å²) in [5.41, 5.74) is 0. The van der Waals surface area contributed by atoms with E-state index in [-0.39, 0.29) is 0 Å². The smallest absolute Gasteiger partial charge is 0.0499 e. The highest BCUT2D eigenvalue weighted by atomic mass is 79.9. The predicted molar refractivity (Wildman–Crippen MR) is 66.7 cm³/mol. The minimum absolute atomic E-state index is 0.437. The molecule has 0 saturated heterocycles. The van der Waals surface area contributed by atoms with Gasteiger partial charge in [0.05, 0.1) is 0 Å². The van der Waals surface area contributed by atoms with Crippen molar-refractivity contribution >= 4 is 24.7 Å². The number of hydrogen-bond acceptors (Lipinski definition) is 1. The van der Waals surface area contributed by atoms with E-state index in [0.717, 1.165) is 18.5 Å². The molecule has 1 nitrogen and oxygen atoms in total. The molecule has 0 amide bonds. The standard InChI is InChI=1S/C10H23BrOSi/c1-9(6-11)7-12-8-10(2,3)13(4)5/h9,13H,6-8H2,1-5H3. The van der Waals surface area contributed by atoms with Crippen molar-refractivity contribution < 1.29 is 4.74 Å². The third-order valence-electron chi connectivity index (χ3n) is 2.70. The van der Waals surface area contributed by atoms with Crippen LogP contribution in [0.15, 0.2) is 0 Å². The molecule has 0 aromatic heterocycles. The fourth-order valence-corrected chi connectivity index (χ4v) is 1.37. The van der Waals surface area contributed by atoms with Gasteiger partial charge in [-0.2, -0.15) is 0 Å². The van der Waals surface area contributed by atoms with Gasteiger partial charge >= 0.3 is 0 Å². The second-order valence-corrected chi connectivity index (χ2v) is 9.44. The van der Waals surface area contributed by atoms with E-state index in [9.17, 15) is 0 Å². The van der Waals surface area contributed by atoms with Gasteiger partial charge in [-0.3, -0.25) is 0 Å². The molecular weight excluding hydrogens is 244 g/mol. The molecule has 0 spiro atoms. The number of halogens is 1. The van der Waals surface area contributed by atoms with E-state index in [1.165, 1.54) is 0 Å². The van der Waals surface area contributed by atoms with Crippen molar-refractivity contribution in [3.8, 4) is 0 Å². The number of alkyl halides is 1. The monoisotopic (exact) mass is 266 g/mol. The van der Waals surface area contributed by atoms with Crippen LogP contribution >= 0.6 is 15.9 Å². The van der Waals surface area contributed by atoms with Crippen LogP contribution in [0.2, 0.25) is 18.1 Å². The van der Waals surface area contributed by atoms with Crippen LogP contribution in [-0.4, -0.2) is 27.3 Å². The van der Waals surface area contributed by atoms with E-state index in [4.69, 9.17) is 4.74 Å². The first-order chi connectivity index (χ1) is 5.90. The van der Waals surface area contributed by atoms with Crippen LogP contribution in [0, 0.1) is 5.92 Å². The highest BCUT2D eigenvalue weighted by Crippen LogP contribution is 2.28. The number of ether oxygens (including phenoxy) is 1. The van der Waals surface area contributed by atoms with Crippen LogP contribution in [0.25, 0.3) is 0 Å². The third kappa shape index (κ3) is 5.86. The second-order valence-electron chi connectivity index (χ2n) is 4.92. The van der Waals surface area contributed by atoms with Crippen LogP contribution in [-0.2, 0) is 4.74 Å². The molecule has 0 aromatic rings. The lowest BCUT2D eigenvalue weighted by Gasteiger charge is -2.28. The summed E-state index contributed by atoms with van der Waals surface area (Å²) in [6.45, 7) is 13.4. The van der Waals surface area contributed by atoms with Gasteiger partial charge in [0.25, 0.3) is 0 Å². The summed E-state index contributed by atoms with van der Waals surface area (Å²) in [5, 5.41) is 1.47. The maximum atomic E-state index is 5.72. The number of rotatable bonds is 6. The summed E-state index contributed by atoms with van der Waals surface area (Å²) >= 11 is 3.45. The second kappa shape index (κ2) is 6.20. The predicted octanol–water partition coefficient (Wildman–Crippen LogP) is 3.30. The molecule has 0 aliphatic carbocycles. The molecule has 0 rings (SSSR count). The molecule has 0 aromatic carbocycles. The minimum atomic E-state index is -0.588. The largest absolute Gasteiger partial charge is 0.381 e. The van der Waals surface area contributed by atoms with Gasteiger partial charge in [0, 0.05) is 27.3 Å². The van der Waals surface area contributed by atoms with Gasteiger partial charge in [-0.25, -0.2) is 0 Å². The molecule has 0 radical (unpaired) electrons. The molecular formula is C10H23BrOSi. The van der Waals surface area contributed by atoms with Crippen molar-refractivity contribution in [3.05, 3.63) is 0 Å². The highest BCUT2D eigenvalue weighted by molar-refractivity contribution is 9.09. The van der Waals surface area contributed by atoms with E-state index in [1.54, 1.807) is 0 Å². The Morgan fingerprint density at radius 1 is 1.38 bits per heavy atom. The van der Waals surface area contributed by atoms with Gasteiger partial charge in [0.15, 0.2) is 0 Å². The minimum Gasteiger partial charge on any atom is -0.381 e. The van der Waals surface area contributed by atoms with E-state index < -0.39 is 8.80 Å². The molecule has 3 heteroatoms. The topological polar surface area (TPSA) is 9.23 Å². The van der Waals surface area contributed by atoms with Crippen LogP contribution in [0.3, 0.4) is 0 Å². The first-order valence-electron chi connectivity index (χ1n) is 5.04. The molecule has 0 bridgehead atoms. The Morgan fingerprint density at radius 2 is 1.92 bits per heavy atom. The van der Waals surface area contributed by atoms with E-state index in [2.05, 4.69) is 49.8 Å². The zero-order valence-corrected chi connectivity index (χ0v) is 12.3. The molecule has 1 unspecified atom stereocenters. The summed E-state index contributed by atoms with van der Waals surface area (Å²) in [6, 6.07) is 0. The van der Waals surface area contributed by atoms with Crippen molar-refractivity contribution in [1.29, 1.82) is 0 Å². The molecule has 0 aliphatic rings. The molecule has 80 valence electrons. The average molecular weight is 267 g/mol. The summed E-state index contributed by atoms with van der Waals surface area (Å²) < 4.78 is 5.72. The van der Waals surface area contributed by atoms with Crippen LogP contribution in [0.5, 0.6) is 0 Å². The van der Waals surface area contributed by atoms with Crippen LogP contribution < -0.4 is 0 Å². The highest BCUT2D eigenvalue weighted by Gasteiger charge is 2.23. The molecule has 0 aliphatic heterocycles. The van der Waals surface area contributed by atoms with Crippen molar-refractivity contribution in [2.75, 3.05) is 18.5 Å². The summed E-state index contributed by atoms with van der Waals surface area (Å²) in [7, 11) is -0.588. The van der Waals surface area contributed by atoms with Gasteiger partial charge < -0.3 is 4.74 Å². The fourth-order valence-electron chi connectivity index (χ4n) is 0.734. The third-order valence-corrected chi connectivity index (χ3v) is 7.10. The Hall–Kier alpha value is 0.657. The van der Waals surface area contributed by atoms with E-state index in [1.807, 2.05) is 0 Å². The van der Waals surface area contributed by atoms with Gasteiger partial charge in [-0.15, -0.1) is 0 Å². The molecule has 1 atom stereocenters. The summed E-state index contributed by atoms with van der Waals surface area (Å²) in [5.74, 6) is 0.629. The van der Waals surface area contributed by atoms with Gasteiger partial charge in [0.2, 0.25) is 0 Å². The quantitative estimate of drug-likeness (QED) is 0.530. The Bertz CT molecular complexity index is 137. The Kier molecular flexibility index (Phi) is 6.51. The molecule has 0 saturated carbocycles. The summed E-state index contributed by atoms with van der Waals surface area (Å²) in [4.78, 5) is 0. The Balaban J connectivity index is 3.63. The Morgan fingerprint density at radius 3 is 2.31 bits per heavy atom. The summed E-state index contributed by atoms with van der Waals surface area (Å²) in [6.07, 6.45) is 0. The normalized spacial score (nSPS) is 15.0. The Labute approximate surface area is 93.0 Å². The van der Waals surface area contributed by atoms with Gasteiger partial charge in [-0.05, 0) is 11.0 Å². The van der Waals surface area contributed by atoms with Gasteiger partial charge in [0.1, 0.15) is 0 Å². The maximum absolute atomic E-state index is 5.72. The number of hydrogen-bond donors (Lipinski definition) is 0.